The summed E-state index contributed by atoms with van der Waals surface area (Å²) in [5.74, 6) is -0.145. The van der Waals surface area contributed by atoms with Gasteiger partial charge in [-0.3, -0.25) is 9.69 Å². The highest BCUT2D eigenvalue weighted by atomic mass is 19.4. The van der Waals surface area contributed by atoms with Crippen molar-refractivity contribution in [3.63, 3.8) is 0 Å². The normalized spacial score (nSPS) is 17.4. The molecule has 3 rings (SSSR count). The Bertz CT molecular complexity index is 903. The van der Waals surface area contributed by atoms with Gasteiger partial charge in [0.1, 0.15) is 6.61 Å². The molecule has 1 heterocycles. The minimum Gasteiger partial charge on any atom is -0.493 e. The third kappa shape index (κ3) is 6.11. The van der Waals surface area contributed by atoms with Crippen molar-refractivity contribution in [2.45, 2.75) is 25.3 Å². The highest BCUT2D eigenvalue weighted by Crippen LogP contribution is 2.35. The van der Waals surface area contributed by atoms with Crippen LogP contribution in [-0.4, -0.2) is 49.3 Å². The Morgan fingerprint density at radius 1 is 1.23 bits per heavy atom. The van der Waals surface area contributed by atoms with E-state index in [1.807, 2.05) is 4.90 Å². The van der Waals surface area contributed by atoms with Gasteiger partial charge in [-0.2, -0.15) is 13.2 Å². The zero-order valence-corrected chi connectivity index (χ0v) is 17.0. The van der Waals surface area contributed by atoms with E-state index in [0.717, 1.165) is 11.6 Å². The zero-order valence-electron chi connectivity index (χ0n) is 17.0. The van der Waals surface area contributed by atoms with E-state index in [2.05, 4.69) is 0 Å². The summed E-state index contributed by atoms with van der Waals surface area (Å²) in [5.41, 5.74) is 0.119. The summed E-state index contributed by atoms with van der Waals surface area (Å²) in [4.78, 5) is 12.8. The van der Waals surface area contributed by atoms with Gasteiger partial charge in [0.25, 0.3) is 0 Å². The van der Waals surface area contributed by atoms with Crippen molar-refractivity contribution < 1.29 is 37.3 Å². The number of benzene rings is 2. The number of carboxylic acids is 1. The third-order valence-electron chi connectivity index (χ3n) is 5.06. The first-order valence-corrected chi connectivity index (χ1v) is 9.79. The molecule has 0 aliphatic carbocycles. The molecule has 2 aromatic rings. The lowest BCUT2D eigenvalue weighted by Crippen LogP contribution is -2.39. The molecule has 1 aliphatic rings. The lowest BCUT2D eigenvalue weighted by Gasteiger charge is -2.33. The lowest BCUT2D eigenvalue weighted by molar-refractivity contribution is -0.139. The van der Waals surface area contributed by atoms with E-state index in [4.69, 9.17) is 19.3 Å². The predicted octanol–water partition coefficient (Wildman–Crippen LogP) is 4.14. The maximum absolute atomic E-state index is 13.2. The Balaban J connectivity index is 1.70. The number of methoxy groups -OCH3 is 1. The lowest BCUT2D eigenvalue weighted by atomic mass is 10.1. The van der Waals surface area contributed by atoms with Crippen molar-refractivity contribution in [3.8, 4) is 11.5 Å². The molecule has 168 valence electrons. The first kappa shape index (κ1) is 22.9. The number of carbonyl (C=O) groups is 1. The number of morpholine rings is 1. The van der Waals surface area contributed by atoms with Gasteiger partial charge in [0.2, 0.25) is 0 Å². The number of alkyl halides is 3. The zero-order chi connectivity index (χ0) is 22.4. The van der Waals surface area contributed by atoms with Crippen molar-refractivity contribution in [3.05, 3.63) is 59.2 Å². The van der Waals surface area contributed by atoms with E-state index in [0.29, 0.717) is 37.7 Å². The highest BCUT2D eigenvalue weighted by Gasteiger charge is 2.33. The molecule has 0 saturated carbocycles. The fraction of sp³-hybridized carbons (Fsp3) is 0.409. The van der Waals surface area contributed by atoms with Gasteiger partial charge in [0.05, 0.1) is 31.8 Å². The molecule has 1 fully saturated rings. The van der Waals surface area contributed by atoms with Gasteiger partial charge in [-0.05, 0) is 23.8 Å². The Labute approximate surface area is 178 Å². The maximum Gasteiger partial charge on any atom is 0.416 e. The number of hydrogen-bond acceptors (Lipinski definition) is 5. The first-order valence-electron chi connectivity index (χ1n) is 9.79. The second-order valence-electron chi connectivity index (χ2n) is 7.16. The van der Waals surface area contributed by atoms with Crippen LogP contribution in [-0.2, 0) is 22.3 Å². The summed E-state index contributed by atoms with van der Waals surface area (Å²) < 4.78 is 56.4. The van der Waals surface area contributed by atoms with E-state index in [-0.39, 0.29) is 24.7 Å². The van der Waals surface area contributed by atoms with Gasteiger partial charge >= 0.3 is 12.1 Å². The Morgan fingerprint density at radius 3 is 2.71 bits per heavy atom. The number of halogens is 3. The van der Waals surface area contributed by atoms with Crippen molar-refractivity contribution in [1.82, 2.24) is 4.90 Å². The molecular formula is C22H24F3NO5. The van der Waals surface area contributed by atoms with E-state index in [1.165, 1.54) is 25.3 Å². The summed E-state index contributed by atoms with van der Waals surface area (Å²) in [5, 5.41) is 8.87. The molecule has 1 aliphatic heterocycles. The van der Waals surface area contributed by atoms with Crippen LogP contribution in [0.3, 0.4) is 0 Å². The number of rotatable bonds is 8. The SMILES string of the molecule is COc1cc(C2CN(CCC(=O)O)CCO2)ccc1OCc1ccccc1C(F)(F)F. The summed E-state index contributed by atoms with van der Waals surface area (Å²) in [7, 11) is 1.45. The minimum atomic E-state index is -4.46. The second-order valence-corrected chi connectivity index (χ2v) is 7.16. The van der Waals surface area contributed by atoms with Crippen LogP contribution in [0.5, 0.6) is 11.5 Å². The molecule has 1 saturated heterocycles. The molecule has 0 radical (unpaired) electrons. The van der Waals surface area contributed by atoms with Gasteiger partial charge in [0.15, 0.2) is 11.5 Å². The van der Waals surface area contributed by atoms with Gasteiger partial charge < -0.3 is 19.3 Å². The number of aliphatic carboxylic acids is 1. The van der Waals surface area contributed by atoms with Crippen molar-refractivity contribution in [1.29, 1.82) is 0 Å². The first-order chi connectivity index (χ1) is 14.8. The molecule has 31 heavy (non-hydrogen) atoms. The van der Waals surface area contributed by atoms with Gasteiger partial charge in [-0.25, -0.2) is 0 Å². The van der Waals surface area contributed by atoms with Crippen LogP contribution in [0.25, 0.3) is 0 Å². The topological polar surface area (TPSA) is 68.2 Å². The van der Waals surface area contributed by atoms with Crippen LogP contribution in [0.4, 0.5) is 13.2 Å². The average Bonchev–Trinajstić information content (AvgIpc) is 2.76. The molecule has 0 bridgehead atoms. The summed E-state index contributed by atoms with van der Waals surface area (Å²) in [6.45, 7) is 1.84. The van der Waals surface area contributed by atoms with Crippen molar-refractivity contribution in [2.75, 3.05) is 33.4 Å². The van der Waals surface area contributed by atoms with Crippen LogP contribution in [0.2, 0.25) is 0 Å². The number of nitrogens with zero attached hydrogens (tertiary/aromatic N) is 1. The smallest absolute Gasteiger partial charge is 0.416 e. The molecular weight excluding hydrogens is 415 g/mol. The monoisotopic (exact) mass is 439 g/mol. The van der Waals surface area contributed by atoms with Crippen LogP contribution in [0.1, 0.15) is 29.2 Å². The fourth-order valence-corrected chi connectivity index (χ4v) is 3.44. The van der Waals surface area contributed by atoms with Gasteiger partial charge in [-0.1, -0.05) is 24.3 Å². The molecule has 0 spiro atoms. The summed E-state index contributed by atoms with van der Waals surface area (Å²) in [6.07, 6.45) is -4.67. The molecule has 9 heteroatoms. The van der Waals surface area contributed by atoms with Crippen LogP contribution in [0.15, 0.2) is 42.5 Å². The van der Waals surface area contributed by atoms with Crippen LogP contribution in [0, 0.1) is 0 Å². The van der Waals surface area contributed by atoms with E-state index in [1.54, 1.807) is 18.2 Å². The molecule has 0 amide bonds. The minimum absolute atomic E-state index is 0.0332. The molecule has 1 atom stereocenters. The molecule has 6 nitrogen and oxygen atoms in total. The molecule has 1 N–H and O–H groups in total. The largest absolute Gasteiger partial charge is 0.493 e. The quantitative estimate of drug-likeness (QED) is 0.667. The Hall–Kier alpha value is -2.78. The van der Waals surface area contributed by atoms with E-state index in [9.17, 15) is 18.0 Å². The standard InChI is InChI=1S/C22H24F3NO5/c1-29-19-12-15(20-13-26(10-11-30-20)9-8-21(27)28)6-7-18(19)31-14-16-4-2-3-5-17(16)22(23,24)25/h2-7,12,20H,8-11,13-14H2,1H3,(H,27,28). The van der Waals surface area contributed by atoms with Crippen molar-refractivity contribution in [2.24, 2.45) is 0 Å². The van der Waals surface area contributed by atoms with Gasteiger partial charge in [0, 0.05) is 25.2 Å². The molecule has 1 unspecified atom stereocenters. The number of ether oxygens (including phenoxy) is 3. The van der Waals surface area contributed by atoms with Gasteiger partial charge in [-0.15, -0.1) is 0 Å². The number of carboxylic acid groups (broad SMARTS) is 1. The third-order valence-corrected chi connectivity index (χ3v) is 5.06. The summed E-state index contributed by atoms with van der Waals surface area (Å²) in [6, 6.07) is 10.4. The molecule has 0 aromatic heterocycles. The van der Waals surface area contributed by atoms with E-state index < -0.39 is 17.7 Å². The fourth-order valence-electron chi connectivity index (χ4n) is 3.44. The van der Waals surface area contributed by atoms with E-state index >= 15 is 0 Å². The van der Waals surface area contributed by atoms with Crippen LogP contribution >= 0.6 is 0 Å². The maximum atomic E-state index is 13.2. The summed E-state index contributed by atoms with van der Waals surface area (Å²) >= 11 is 0. The Morgan fingerprint density at radius 2 is 2.00 bits per heavy atom. The predicted molar refractivity (Wildman–Crippen MR) is 106 cm³/mol. The molecule has 2 aromatic carbocycles. The Kier molecular flexibility index (Phi) is 7.40. The second kappa shape index (κ2) is 10.0. The number of hydrogen-bond donors (Lipinski definition) is 1. The average molecular weight is 439 g/mol. The highest BCUT2D eigenvalue weighted by molar-refractivity contribution is 5.66. The van der Waals surface area contributed by atoms with Crippen LogP contribution < -0.4 is 9.47 Å². The van der Waals surface area contributed by atoms with Crippen molar-refractivity contribution >= 4 is 5.97 Å².